The second kappa shape index (κ2) is 9.93. The Hall–Kier alpha value is -0.390. The monoisotopic (exact) mass is 385 g/mol. The molecule has 0 saturated carbocycles. The smallest absolute Gasteiger partial charge is 0.305 e. The highest BCUT2D eigenvalue weighted by Gasteiger charge is 2.52. The Kier molecular flexibility index (Phi) is 9.77. The molecule has 0 aromatic heterocycles. The summed E-state index contributed by atoms with van der Waals surface area (Å²) in [5, 5.41) is 3.43. The number of hydrogen-bond donors (Lipinski definition) is 0. The molecule has 0 aliphatic rings. The average Bonchev–Trinajstić information content (AvgIpc) is 2.30. The van der Waals surface area contributed by atoms with Crippen molar-refractivity contribution in [3.63, 3.8) is 0 Å². The van der Waals surface area contributed by atoms with Gasteiger partial charge in [-0.1, -0.05) is 5.11 Å². The van der Waals surface area contributed by atoms with Crippen LogP contribution in [0.5, 0.6) is 0 Å². The molecule has 11 heteroatoms. The summed E-state index contributed by atoms with van der Waals surface area (Å²) in [6.07, 6.45) is -2.06. The lowest BCUT2D eigenvalue weighted by Gasteiger charge is -2.32. The van der Waals surface area contributed by atoms with E-state index in [1.165, 1.54) is 0 Å². The van der Waals surface area contributed by atoms with Gasteiger partial charge in [-0.15, -0.1) is 0 Å². The zero-order chi connectivity index (χ0) is 19.1. The molecule has 0 fully saturated rings. The van der Waals surface area contributed by atoms with E-state index in [2.05, 4.69) is 10.0 Å². The van der Waals surface area contributed by atoms with Gasteiger partial charge in [0.05, 0.1) is 24.4 Å². The highest BCUT2D eigenvalue weighted by molar-refractivity contribution is 7.72. The Labute approximate surface area is 144 Å². The molecular formula is C13H29N3O6P2. The van der Waals surface area contributed by atoms with Crippen LogP contribution < -0.4 is 0 Å². The van der Waals surface area contributed by atoms with Gasteiger partial charge in [-0.25, -0.2) is 0 Å². The third-order valence-corrected chi connectivity index (χ3v) is 8.05. The zero-order valence-electron chi connectivity index (χ0n) is 15.6. The molecule has 0 aromatic rings. The lowest BCUT2D eigenvalue weighted by Crippen LogP contribution is -2.21. The van der Waals surface area contributed by atoms with E-state index < -0.39 is 45.1 Å². The summed E-state index contributed by atoms with van der Waals surface area (Å²) in [5.41, 5.74) is 7.16. The van der Waals surface area contributed by atoms with Gasteiger partial charge >= 0.3 is 15.2 Å². The summed E-state index contributed by atoms with van der Waals surface area (Å²) in [4.78, 5) is 2.66. The van der Waals surface area contributed by atoms with Crippen molar-refractivity contribution in [1.82, 2.24) is 0 Å². The SMILES string of the molecule is CC(C)OP(=O)(OC(C)C)C(N=[N+]=[N-])P(=O)(OC(C)C)OC(C)C. The zero-order valence-corrected chi connectivity index (χ0v) is 17.4. The van der Waals surface area contributed by atoms with E-state index in [1.54, 1.807) is 55.4 Å². The van der Waals surface area contributed by atoms with Crippen LogP contribution >= 0.6 is 15.2 Å². The van der Waals surface area contributed by atoms with E-state index >= 15 is 0 Å². The van der Waals surface area contributed by atoms with Gasteiger partial charge in [0.1, 0.15) is 0 Å². The molecule has 0 heterocycles. The van der Waals surface area contributed by atoms with Crippen molar-refractivity contribution in [1.29, 1.82) is 0 Å². The standard InChI is InChI=1S/C13H29N3O6P2/c1-9(2)19-23(17,20-10(3)4)13(15-16-14)24(18,21-11(5)6)22-12(7)8/h9-13H,1-8H3. The Morgan fingerprint density at radius 1 is 0.708 bits per heavy atom. The number of rotatable bonds is 11. The first kappa shape index (κ1) is 23.6. The molecular weight excluding hydrogens is 356 g/mol. The highest BCUT2D eigenvalue weighted by Crippen LogP contribution is 2.72. The number of hydrogen-bond acceptors (Lipinski definition) is 7. The van der Waals surface area contributed by atoms with Crippen molar-refractivity contribution in [3.05, 3.63) is 10.4 Å². The van der Waals surface area contributed by atoms with Crippen molar-refractivity contribution < 1.29 is 27.2 Å². The fraction of sp³-hybridized carbons (Fsp3) is 1.00. The first-order chi connectivity index (χ1) is 10.9. The third kappa shape index (κ3) is 7.66. The van der Waals surface area contributed by atoms with Crippen LogP contribution in [0.1, 0.15) is 55.4 Å². The summed E-state index contributed by atoms with van der Waals surface area (Å²) in [5.74, 6) is 0. The molecule has 0 radical (unpaired) electrons. The van der Waals surface area contributed by atoms with Gasteiger partial charge < -0.3 is 18.1 Å². The molecule has 142 valence electrons. The molecule has 0 amide bonds. The maximum Gasteiger partial charge on any atom is 0.352 e. The Morgan fingerprint density at radius 2 is 0.958 bits per heavy atom. The molecule has 0 N–H and O–H groups in total. The van der Waals surface area contributed by atoms with Crippen molar-refractivity contribution >= 4 is 15.2 Å². The molecule has 0 atom stereocenters. The van der Waals surface area contributed by atoms with Gasteiger partial charge in [-0.05, 0) is 60.9 Å². The van der Waals surface area contributed by atoms with Gasteiger partial charge in [-0.2, -0.15) is 0 Å². The minimum atomic E-state index is -4.13. The van der Waals surface area contributed by atoms with E-state index in [1.807, 2.05) is 0 Å². The summed E-state index contributed by atoms with van der Waals surface area (Å²) >= 11 is 0. The van der Waals surface area contributed by atoms with E-state index in [0.29, 0.717) is 0 Å². The van der Waals surface area contributed by atoms with Gasteiger partial charge in [0, 0.05) is 4.91 Å². The third-order valence-electron chi connectivity index (χ3n) is 2.15. The quantitative estimate of drug-likeness (QED) is 0.196. The lowest BCUT2D eigenvalue weighted by atomic mass is 10.5. The Morgan fingerprint density at radius 3 is 1.12 bits per heavy atom. The van der Waals surface area contributed by atoms with Crippen LogP contribution in [0.25, 0.3) is 10.4 Å². The average molecular weight is 385 g/mol. The summed E-state index contributed by atoms with van der Waals surface area (Å²) in [6, 6.07) is 0. The van der Waals surface area contributed by atoms with Crippen LogP contribution in [0.4, 0.5) is 0 Å². The van der Waals surface area contributed by atoms with Crippen molar-refractivity contribution in [2.45, 2.75) is 85.3 Å². The lowest BCUT2D eigenvalue weighted by molar-refractivity contribution is 0.123. The highest BCUT2D eigenvalue weighted by atomic mass is 31.2. The molecule has 0 aromatic carbocycles. The summed E-state index contributed by atoms with van der Waals surface area (Å²) in [7, 11) is -8.25. The molecule has 0 saturated heterocycles. The normalized spacial score (nSPS) is 13.4. The second-order valence-corrected chi connectivity index (χ2v) is 10.6. The van der Waals surface area contributed by atoms with Crippen LogP contribution in [0.15, 0.2) is 5.11 Å². The van der Waals surface area contributed by atoms with E-state index in [-0.39, 0.29) is 0 Å². The predicted octanol–water partition coefficient (Wildman–Crippen LogP) is 5.67. The van der Waals surface area contributed by atoms with E-state index in [9.17, 15) is 9.13 Å². The first-order valence-electron chi connectivity index (χ1n) is 7.83. The van der Waals surface area contributed by atoms with Crippen molar-refractivity contribution in [3.8, 4) is 0 Å². The van der Waals surface area contributed by atoms with Gasteiger partial charge in [0.15, 0.2) is 0 Å². The first-order valence-corrected chi connectivity index (χ1v) is 11.1. The van der Waals surface area contributed by atoms with E-state index in [4.69, 9.17) is 23.6 Å². The minimum absolute atomic E-state index is 0.516. The molecule has 0 spiro atoms. The molecule has 0 aliphatic heterocycles. The van der Waals surface area contributed by atoms with Crippen LogP contribution in [-0.4, -0.2) is 29.9 Å². The van der Waals surface area contributed by atoms with Crippen molar-refractivity contribution in [2.24, 2.45) is 5.11 Å². The van der Waals surface area contributed by atoms with Crippen LogP contribution in [0, 0.1) is 0 Å². The van der Waals surface area contributed by atoms with E-state index in [0.717, 1.165) is 0 Å². The summed E-state index contributed by atoms with van der Waals surface area (Å²) < 4.78 is 48.2. The topological polar surface area (TPSA) is 120 Å². The maximum atomic E-state index is 13.3. The van der Waals surface area contributed by atoms with Crippen LogP contribution in [0.2, 0.25) is 0 Å². The molecule has 24 heavy (non-hydrogen) atoms. The second-order valence-electron chi connectivity index (χ2n) is 6.25. The molecule has 0 unspecified atom stereocenters. The molecule has 0 aliphatic carbocycles. The van der Waals surface area contributed by atoms with Gasteiger partial charge in [0.25, 0.3) is 0 Å². The maximum absolute atomic E-state index is 13.3. The summed E-state index contributed by atoms with van der Waals surface area (Å²) in [6.45, 7) is 13.1. The number of nitrogens with zero attached hydrogens (tertiary/aromatic N) is 3. The molecule has 0 rings (SSSR count). The van der Waals surface area contributed by atoms with Gasteiger partial charge in [-0.3, -0.25) is 9.13 Å². The molecule has 0 bridgehead atoms. The fourth-order valence-electron chi connectivity index (χ4n) is 1.79. The van der Waals surface area contributed by atoms with Crippen LogP contribution in [0.3, 0.4) is 0 Å². The predicted molar refractivity (Wildman–Crippen MR) is 93.0 cm³/mol. The Balaban J connectivity index is 6.17. The van der Waals surface area contributed by atoms with Crippen LogP contribution in [-0.2, 0) is 27.2 Å². The molecule has 9 nitrogen and oxygen atoms in total. The fourth-order valence-corrected chi connectivity index (χ4v) is 7.06. The number of azide groups is 1. The van der Waals surface area contributed by atoms with Crippen molar-refractivity contribution in [2.75, 3.05) is 0 Å². The minimum Gasteiger partial charge on any atom is -0.305 e. The Bertz CT molecular complexity index is 466. The van der Waals surface area contributed by atoms with Gasteiger partial charge in [0.2, 0.25) is 5.52 Å². The largest absolute Gasteiger partial charge is 0.352 e.